The van der Waals surface area contributed by atoms with E-state index in [0.717, 1.165) is 44.8 Å². The Morgan fingerprint density at radius 3 is 2.39 bits per heavy atom. The second-order valence-electron chi connectivity index (χ2n) is 12.2. The fraction of sp³-hybridized carbons (Fsp3) is 0.741. The molecule has 1 aromatic rings. The third-order valence-electron chi connectivity index (χ3n) is 7.37. The molecule has 33 heavy (non-hydrogen) atoms. The Morgan fingerprint density at radius 1 is 1.09 bits per heavy atom. The molecule has 0 bridgehead atoms. The van der Waals surface area contributed by atoms with E-state index in [9.17, 15) is 9.90 Å². The maximum atomic E-state index is 12.3. The normalized spacial score (nSPS) is 24.1. The fourth-order valence-corrected chi connectivity index (χ4v) is 5.77. The number of carbonyl (C=O) groups is 1. The third kappa shape index (κ3) is 6.02. The van der Waals surface area contributed by atoms with Gasteiger partial charge in [-0.3, -0.25) is 0 Å². The molecule has 1 atom stereocenters. The van der Waals surface area contributed by atoms with Crippen molar-refractivity contribution < 1.29 is 19.4 Å². The largest absolute Gasteiger partial charge is 0.490 e. The predicted octanol–water partition coefficient (Wildman–Crippen LogP) is 4.81. The molecule has 2 heterocycles. The lowest BCUT2D eigenvalue weighted by Crippen LogP contribution is -2.58. The third-order valence-corrected chi connectivity index (χ3v) is 7.37. The van der Waals surface area contributed by atoms with Crippen LogP contribution in [0.3, 0.4) is 0 Å². The summed E-state index contributed by atoms with van der Waals surface area (Å²) in [7, 11) is 0. The molecule has 1 aliphatic carbocycles. The Bertz CT molecular complexity index is 827. The van der Waals surface area contributed by atoms with E-state index in [1.165, 1.54) is 24.8 Å². The Labute approximate surface area is 199 Å². The van der Waals surface area contributed by atoms with Gasteiger partial charge in [-0.25, -0.2) is 4.79 Å². The number of ether oxygens (including phenoxy) is 2. The second-order valence-corrected chi connectivity index (χ2v) is 12.2. The summed E-state index contributed by atoms with van der Waals surface area (Å²) in [5.74, 6) is 1.41. The summed E-state index contributed by atoms with van der Waals surface area (Å²) < 4.78 is 11.5. The summed E-state index contributed by atoms with van der Waals surface area (Å²) in [5, 5.41) is 10.0. The number of hydrogen-bond acceptors (Lipinski definition) is 5. The summed E-state index contributed by atoms with van der Waals surface area (Å²) in [6, 6.07) is 8.95. The van der Waals surface area contributed by atoms with Crippen LogP contribution in [0.2, 0.25) is 0 Å². The molecule has 1 saturated carbocycles. The fourth-order valence-electron chi connectivity index (χ4n) is 5.77. The van der Waals surface area contributed by atoms with Crippen LogP contribution in [0.25, 0.3) is 0 Å². The van der Waals surface area contributed by atoms with Gasteiger partial charge in [-0.2, -0.15) is 0 Å². The van der Waals surface area contributed by atoms with Crippen LogP contribution < -0.4 is 4.74 Å². The molecule has 1 spiro atoms. The van der Waals surface area contributed by atoms with Crippen molar-refractivity contribution in [2.75, 3.05) is 32.8 Å². The lowest BCUT2D eigenvalue weighted by molar-refractivity contribution is -0.0347. The minimum atomic E-state index is -0.838. The highest BCUT2D eigenvalue weighted by Gasteiger charge is 2.51. The monoisotopic (exact) mass is 458 g/mol. The lowest BCUT2D eigenvalue weighted by atomic mass is 9.78. The van der Waals surface area contributed by atoms with E-state index in [-0.39, 0.29) is 6.09 Å². The van der Waals surface area contributed by atoms with Crippen LogP contribution in [0.4, 0.5) is 4.79 Å². The topological polar surface area (TPSA) is 62.2 Å². The molecule has 6 nitrogen and oxygen atoms in total. The van der Waals surface area contributed by atoms with Crippen molar-refractivity contribution in [1.82, 2.24) is 9.80 Å². The molecule has 184 valence electrons. The maximum absolute atomic E-state index is 12.3. The number of likely N-dealkylation sites (tertiary alicyclic amines) is 2. The van der Waals surface area contributed by atoms with Crippen molar-refractivity contribution >= 4 is 6.09 Å². The van der Waals surface area contributed by atoms with Gasteiger partial charge in [-0.05, 0) is 97.4 Å². The average Bonchev–Trinajstić information content (AvgIpc) is 3.16. The first-order valence-corrected chi connectivity index (χ1v) is 12.6. The zero-order valence-electron chi connectivity index (χ0n) is 21.1. The first-order chi connectivity index (χ1) is 15.4. The number of nitrogens with zero attached hydrogens (tertiary/aromatic N) is 2. The van der Waals surface area contributed by atoms with Crippen molar-refractivity contribution in [3.05, 3.63) is 29.8 Å². The summed E-state index contributed by atoms with van der Waals surface area (Å²) in [6.45, 7) is 13.5. The number of piperidine rings is 1. The average molecular weight is 459 g/mol. The molecule has 0 radical (unpaired) electrons. The molecule has 1 aromatic carbocycles. The number of aliphatic hydroxyl groups is 1. The molecule has 3 fully saturated rings. The van der Waals surface area contributed by atoms with Crippen molar-refractivity contribution in [2.24, 2.45) is 5.41 Å². The lowest BCUT2D eigenvalue weighted by Gasteiger charge is -2.48. The van der Waals surface area contributed by atoms with E-state index in [2.05, 4.69) is 17.0 Å². The van der Waals surface area contributed by atoms with Gasteiger partial charge in [0.05, 0.1) is 5.60 Å². The van der Waals surface area contributed by atoms with Gasteiger partial charge in [-0.15, -0.1) is 0 Å². The predicted molar refractivity (Wildman–Crippen MR) is 130 cm³/mol. The summed E-state index contributed by atoms with van der Waals surface area (Å²) in [4.78, 5) is 16.9. The molecule has 1 N–H and O–H groups in total. The highest BCUT2D eigenvalue weighted by Crippen LogP contribution is 2.48. The summed E-state index contributed by atoms with van der Waals surface area (Å²) in [5.41, 5.74) is 0.308. The van der Waals surface area contributed by atoms with Gasteiger partial charge in [0.25, 0.3) is 0 Å². The first kappa shape index (κ1) is 24.3. The van der Waals surface area contributed by atoms with Crippen LogP contribution in [0, 0.1) is 5.41 Å². The van der Waals surface area contributed by atoms with Gasteiger partial charge < -0.3 is 24.4 Å². The van der Waals surface area contributed by atoms with Crippen LogP contribution in [-0.4, -0.2) is 71.0 Å². The molecule has 4 rings (SSSR count). The van der Waals surface area contributed by atoms with Gasteiger partial charge in [0.1, 0.15) is 18.0 Å². The number of benzene rings is 1. The van der Waals surface area contributed by atoms with E-state index in [1.54, 1.807) is 13.8 Å². The SMILES string of the molecule is CC(C)(O)COc1ccccc1C1CCN(C2CCC3(C2)CN(C(=O)OC(C)(C)C)C3)CC1. The van der Waals surface area contributed by atoms with Crippen LogP contribution in [-0.2, 0) is 4.74 Å². The van der Waals surface area contributed by atoms with Gasteiger partial charge >= 0.3 is 6.09 Å². The van der Waals surface area contributed by atoms with Gasteiger partial charge in [0.15, 0.2) is 0 Å². The van der Waals surface area contributed by atoms with Crippen molar-refractivity contribution in [2.45, 2.75) is 89.9 Å². The second kappa shape index (κ2) is 9.10. The zero-order chi connectivity index (χ0) is 23.9. The van der Waals surface area contributed by atoms with E-state index in [0.29, 0.717) is 24.0 Å². The van der Waals surface area contributed by atoms with Crippen molar-refractivity contribution in [1.29, 1.82) is 0 Å². The molecule has 2 aliphatic heterocycles. The van der Waals surface area contributed by atoms with E-state index >= 15 is 0 Å². The van der Waals surface area contributed by atoms with Crippen molar-refractivity contribution in [3.8, 4) is 5.75 Å². The van der Waals surface area contributed by atoms with Crippen molar-refractivity contribution in [3.63, 3.8) is 0 Å². The zero-order valence-corrected chi connectivity index (χ0v) is 21.1. The first-order valence-electron chi connectivity index (χ1n) is 12.6. The van der Waals surface area contributed by atoms with Gasteiger partial charge in [0, 0.05) is 24.5 Å². The Morgan fingerprint density at radius 2 is 1.76 bits per heavy atom. The van der Waals surface area contributed by atoms with Gasteiger partial charge in [0.2, 0.25) is 0 Å². The van der Waals surface area contributed by atoms with Crippen LogP contribution in [0.5, 0.6) is 5.75 Å². The number of para-hydroxylation sites is 1. The minimum Gasteiger partial charge on any atom is -0.490 e. The minimum absolute atomic E-state index is 0.164. The molecule has 0 aromatic heterocycles. The maximum Gasteiger partial charge on any atom is 0.410 e. The van der Waals surface area contributed by atoms with E-state index < -0.39 is 11.2 Å². The number of amides is 1. The number of rotatable bonds is 5. The smallest absolute Gasteiger partial charge is 0.410 e. The number of hydrogen-bond donors (Lipinski definition) is 1. The van der Waals surface area contributed by atoms with Crippen LogP contribution >= 0.6 is 0 Å². The molecule has 3 aliphatic rings. The van der Waals surface area contributed by atoms with Crippen LogP contribution in [0.1, 0.15) is 78.2 Å². The highest BCUT2D eigenvalue weighted by atomic mass is 16.6. The Hall–Kier alpha value is -1.79. The number of carbonyl (C=O) groups excluding carboxylic acids is 1. The molecular weight excluding hydrogens is 416 g/mol. The Balaban J connectivity index is 1.27. The molecule has 2 saturated heterocycles. The van der Waals surface area contributed by atoms with Crippen LogP contribution in [0.15, 0.2) is 24.3 Å². The Kier molecular flexibility index (Phi) is 6.71. The van der Waals surface area contributed by atoms with Gasteiger partial charge in [-0.1, -0.05) is 18.2 Å². The molecule has 6 heteroatoms. The summed E-state index contributed by atoms with van der Waals surface area (Å²) in [6.07, 6.45) is 5.75. The quantitative estimate of drug-likeness (QED) is 0.686. The highest BCUT2D eigenvalue weighted by molar-refractivity contribution is 5.69. The van der Waals surface area contributed by atoms with E-state index in [4.69, 9.17) is 9.47 Å². The summed E-state index contributed by atoms with van der Waals surface area (Å²) >= 11 is 0. The molecule has 1 unspecified atom stereocenters. The molecule has 1 amide bonds. The van der Waals surface area contributed by atoms with E-state index in [1.807, 2.05) is 37.8 Å². The molecular formula is C27H42N2O4. The standard InChI is InChI=1S/C27H42N2O4/c1-25(2,3)33-24(30)29-17-27(18-29)13-10-21(16-27)28-14-11-20(12-15-28)22-8-6-7-9-23(22)32-19-26(4,5)31/h6-9,20-21,31H,10-19H2,1-5H3.